The number of hydrogen-bond donors (Lipinski definition) is 1. The molecule has 1 heterocycles. The predicted octanol–water partition coefficient (Wildman–Crippen LogP) is 3.34. The SMILES string of the molecule is CCN(CC)C(=O)[C@@H](NC(=O)c1ccccc1)C1CCN(C(=O)c2ccc(F)cc2)CC1. The molecule has 7 heteroatoms. The minimum absolute atomic E-state index is 0.0759. The van der Waals surface area contributed by atoms with E-state index in [9.17, 15) is 18.8 Å². The Labute approximate surface area is 188 Å². The second kappa shape index (κ2) is 10.9. The predicted molar refractivity (Wildman–Crippen MR) is 121 cm³/mol. The highest BCUT2D eigenvalue weighted by Crippen LogP contribution is 2.24. The highest BCUT2D eigenvalue weighted by molar-refractivity contribution is 5.97. The van der Waals surface area contributed by atoms with E-state index in [1.807, 2.05) is 19.9 Å². The van der Waals surface area contributed by atoms with Crippen molar-refractivity contribution in [3.05, 3.63) is 71.5 Å². The van der Waals surface area contributed by atoms with Crippen molar-refractivity contribution in [3.8, 4) is 0 Å². The number of piperidine rings is 1. The Morgan fingerprint density at radius 1 is 0.969 bits per heavy atom. The lowest BCUT2D eigenvalue weighted by Crippen LogP contribution is -2.54. The third-order valence-electron chi connectivity index (χ3n) is 6.05. The van der Waals surface area contributed by atoms with Crippen molar-refractivity contribution >= 4 is 17.7 Å². The first kappa shape index (κ1) is 23.4. The van der Waals surface area contributed by atoms with Crippen molar-refractivity contribution in [2.45, 2.75) is 32.7 Å². The molecule has 0 aliphatic carbocycles. The van der Waals surface area contributed by atoms with E-state index in [-0.39, 0.29) is 29.5 Å². The van der Waals surface area contributed by atoms with Crippen molar-refractivity contribution in [3.63, 3.8) is 0 Å². The topological polar surface area (TPSA) is 69.7 Å². The first-order chi connectivity index (χ1) is 15.4. The molecule has 1 saturated heterocycles. The first-order valence-corrected chi connectivity index (χ1v) is 11.1. The van der Waals surface area contributed by atoms with Gasteiger partial charge < -0.3 is 15.1 Å². The zero-order valence-corrected chi connectivity index (χ0v) is 18.6. The summed E-state index contributed by atoms with van der Waals surface area (Å²) in [5.74, 6) is -0.980. The van der Waals surface area contributed by atoms with Crippen molar-refractivity contribution < 1.29 is 18.8 Å². The molecule has 1 N–H and O–H groups in total. The fourth-order valence-electron chi connectivity index (χ4n) is 4.14. The molecule has 2 aromatic rings. The van der Waals surface area contributed by atoms with Gasteiger partial charge in [0.25, 0.3) is 11.8 Å². The van der Waals surface area contributed by atoms with Gasteiger partial charge >= 0.3 is 0 Å². The van der Waals surface area contributed by atoms with Gasteiger partial charge in [-0.15, -0.1) is 0 Å². The summed E-state index contributed by atoms with van der Waals surface area (Å²) >= 11 is 0. The van der Waals surface area contributed by atoms with E-state index < -0.39 is 6.04 Å². The van der Waals surface area contributed by atoms with Gasteiger partial charge in [0.1, 0.15) is 11.9 Å². The second-order valence-electron chi connectivity index (χ2n) is 7.96. The fraction of sp³-hybridized carbons (Fsp3) is 0.400. The number of carbonyl (C=O) groups is 3. The maximum atomic E-state index is 13.2. The molecular formula is C25H30FN3O3. The molecule has 6 nitrogen and oxygen atoms in total. The number of nitrogens with zero attached hydrogens (tertiary/aromatic N) is 2. The lowest BCUT2D eigenvalue weighted by molar-refractivity contribution is -0.134. The summed E-state index contributed by atoms with van der Waals surface area (Å²) in [6.07, 6.45) is 1.19. The Morgan fingerprint density at radius 3 is 2.12 bits per heavy atom. The van der Waals surface area contributed by atoms with Crippen LogP contribution in [-0.4, -0.2) is 59.7 Å². The monoisotopic (exact) mass is 439 g/mol. The van der Waals surface area contributed by atoms with Crippen LogP contribution in [0.1, 0.15) is 47.4 Å². The highest BCUT2D eigenvalue weighted by Gasteiger charge is 2.35. The van der Waals surface area contributed by atoms with Gasteiger partial charge in [-0.05, 0) is 69.0 Å². The average Bonchev–Trinajstić information content (AvgIpc) is 2.84. The van der Waals surface area contributed by atoms with Crippen molar-refractivity contribution in [2.24, 2.45) is 5.92 Å². The number of nitrogens with one attached hydrogen (secondary N) is 1. The van der Waals surface area contributed by atoms with Crippen molar-refractivity contribution in [1.82, 2.24) is 15.1 Å². The summed E-state index contributed by atoms with van der Waals surface area (Å²) in [7, 11) is 0. The quantitative estimate of drug-likeness (QED) is 0.719. The summed E-state index contributed by atoms with van der Waals surface area (Å²) < 4.78 is 13.2. The zero-order chi connectivity index (χ0) is 23.1. The Morgan fingerprint density at radius 2 is 1.56 bits per heavy atom. The number of likely N-dealkylation sites (tertiary alicyclic amines) is 1. The highest BCUT2D eigenvalue weighted by atomic mass is 19.1. The van der Waals surface area contributed by atoms with Crippen molar-refractivity contribution in [1.29, 1.82) is 0 Å². The Hall–Kier alpha value is -3.22. The van der Waals surface area contributed by atoms with Gasteiger partial charge in [-0.3, -0.25) is 14.4 Å². The minimum atomic E-state index is -0.648. The van der Waals surface area contributed by atoms with Gasteiger partial charge in [0.05, 0.1) is 0 Å². The molecule has 3 amide bonds. The van der Waals surface area contributed by atoms with Crippen LogP contribution in [0.5, 0.6) is 0 Å². The molecule has 1 atom stereocenters. The molecule has 1 aliphatic rings. The molecule has 3 rings (SSSR count). The molecule has 170 valence electrons. The maximum Gasteiger partial charge on any atom is 0.253 e. The molecule has 0 saturated carbocycles. The van der Waals surface area contributed by atoms with Crippen molar-refractivity contribution in [2.75, 3.05) is 26.2 Å². The van der Waals surface area contributed by atoms with Gasteiger partial charge in [-0.1, -0.05) is 18.2 Å². The standard InChI is InChI=1S/C25H30FN3O3/c1-3-28(4-2)25(32)22(27-23(30)19-8-6-5-7-9-19)18-14-16-29(17-15-18)24(31)20-10-12-21(26)13-11-20/h5-13,18,22H,3-4,14-17H2,1-2H3,(H,27,30)/t22-/m0/s1. The van der Waals surface area contributed by atoms with Crippen LogP contribution >= 0.6 is 0 Å². The number of carbonyl (C=O) groups excluding carboxylic acids is 3. The van der Waals surface area contributed by atoms with Crippen LogP contribution in [0.15, 0.2) is 54.6 Å². The van der Waals surface area contributed by atoms with Crippen LogP contribution in [0.4, 0.5) is 4.39 Å². The molecule has 0 radical (unpaired) electrons. The number of benzene rings is 2. The van der Waals surface area contributed by atoms with E-state index in [0.717, 1.165) is 0 Å². The maximum absolute atomic E-state index is 13.2. The van der Waals surface area contributed by atoms with Crippen LogP contribution in [-0.2, 0) is 4.79 Å². The summed E-state index contributed by atoms with van der Waals surface area (Å²) in [5.41, 5.74) is 0.951. The Balaban J connectivity index is 1.71. The summed E-state index contributed by atoms with van der Waals surface area (Å²) in [6, 6.07) is 13.7. The molecule has 0 aromatic heterocycles. The van der Waals surface area contributed by atoms with E-state index in [1.165, 1.54) is 24.3 Å². The van der Waals surface area contributed by atoms with Gasteiger partial charge in [0.15, 0.2) is 0 Å². The van der Waals surface area contributed by atoms with Crippen LogP contribution in [0.3, 0.4) is 0 Å². The molecule has 1 aliphatic heterocycles. The normalized spacial score (nSPS) is 15.2. The Kier molecular flexibility index (Phi) is 7.98. The smallest absolute Gasteiger partial charge is 0.253 e. The van der Waals surface area contributed by atoms with Gasteiger partial charge in [0, 0.05) is 37.3 Å². The Bertz CT molecular complexity index is 921. The number of amides is 3. The molecule has 0 unspecified atom stereocenters. The molecule has 0 bridgehead atoms. The molecule has 1 fully saturated rings. The summed E-state index contributed by atoms with van der Waals surface area (Å²) in [6.45, 7) is 5.92. The van der Waals surface area contributed by atoms with Gasteiger partial charge in [-0.2, -0.15) is 0 Å². The lowest BCUT2D eigenvalue weighted by atomic mass is 9.87. The van der Waals surface area contributed by atoms with Crippen LogP contribution < -0.4 is 5.32 Å². The number of rotatable bonds is 7. The van der Waals surface area contributed by atoms with E-state index in [2.05, 4.69) is 5.32 Å². The summed E-state index contributed by atoms with van der Waals surface area (Å²) in [4.78, 5) is 42.2. The number of likely N-dealkylation sites (N-methyl/N-ethyl adjacent to an activating group) is 1. The van der Waals surface area contributed by atoms with Gasteiger partial charge in [-0.25, -0.2) is 4.39 Å². The second-order valence-corrected chi connectivity index (χ2v) is 7.96. The minimum Gasteiger partial charge on any atom is -0.341 e. The lowest BCUT2D eigenvalue weighted by Gasteiger charge is -2.37. The zero-order valence-electron chi connectivity index (χ0n) is 18.6. The van der Waals surface area contributed by atoms with E-state index in [1.54, 1.807) is 34.1 Å². The van der Waals surface area contributed by atoms with Crippen LogP contribution in [0, 0.1) is 11.7 Å². The van der Waals surface area contributed by atoms with Crippen LogP contribution in [0.2, 0.25) is 0 Å². The third kappa shape index (κ3) is 5.52. The van der Waals surface area contributed by atoms with E-state index in [4.69, 9.17) is 0 Å². The summed E-state index contributed by atoms with van der Waals surface area (Å²) in [5, 5.41) is 2.96. The number of hydrogen-bond acceptors (Lipinski definition) is 3. The van der Waals surface area contributed by atoms with E-state index in [0.29, 0.717) is 50.1 Å². The first-order valence-electron chi connectivity index (χ1n) is 11.1. The van der Waals surface area contributed by atoms with E-state index >= 15 is 0 Å². The molecule has 2 aromatic carbocycles. The fourth-order valence-corrected chi connectivity index (χ4v) is 4.14. The van der Waals surface area contributed by atoms with Gasteiger partial charge in [0.2, 0.25) is 5.91 Å². The molecular weight excluding hydrogens is 409 g/mol. The van der Waals surface area contributed by atoms with Crippen LogP contribution in [0.25, 0.3) is 0 Å². The average molecular weight is 440 g/mol. The molecule has 32 heavy (non-hydrogen) atoms. The largest absolute Gasteiger partial charge is 0.341 e. The third-order valence-corrected chi connectivity index (χ3v) is 6.05. The number of halogens is 1. The molecule has 0 spiro atoms.